The first kappa shape index (κ1) is 14.9. The molecule has 0 aliphatic carbocycles. The van der Waals surface area contributed by atoms with E-state index in [2.05, 4.69) is 4.72 Å². The van der Waals surface area contributed by atoms with Crippen LogP contribution in [0.15, 0.2) is 40.3 Å². The maximum absolute atomic E-state index is 12.1. The Morgan fingerprint density at radius 1 is 1.11 bits per heavy atom. The Bertz CT molecular complexity index is 538. The van der Waals surface area contributed by atoms with Crippen LogP contribution in [0.25, 0.3) is 0 Å². The lowest BCUT2D eigenvalue weighted by atomic mass is 10.1. The third kappa shape index (κ3) is 3.68. The SMILES string of the molecule is CC(C)=C(C)C(C)NS(=O)(=O)c1ccc(C)cc1. The standard InChI is InChI=1S/C14H21NO2S/c1-10(2)12(4)13(5)15-18(16,17)14-8-6-11(3)7-9-14/h6-9,13,15H,1-5H3. The zero-order valence-corrected chi connectivity index (χ0v) is 12.4. The number of benzene rings is 1. The van der Waals surface area contributed by atoms with Crippen LogP contribution >= 0.6 is 0 Å². The molecule has 4 heteroatoms. The molecule has 0 spiro atoms. The molecule has 0 amide bonds. The summed E-state index contributed by atoms with van der Waals surface area (Å²) in [6.45, 7) is 9.68. The van der Waals surface area contributed by atoms with Crippen LogP contribution in [-0.2, 0) is 10.0 Å². The Balaban J connectivity index is 2.96. The van der Waals surface area contributed by atoms with Gasteiger partial charge < -0.3 is 0 Å². The molecule has 18 heavy (non-hydrogen) atoms. The van der Waals surface area contributed by atoms with E-state index in [1.165, 1.54) is 0 Å². The molecule has 0 saturated heterocycles. The Labute approximate surface area is 110 Å². The lowest BCUT2D eigenvalue weighted by Gasteiger charge is -2.16. The van der Waals surface area contributed by atoms with Gasteiger partial charge in [-0.25, -0.2) is 13.1 Å². The summed E-state index contributed by atoms with van der Waals surface area (Å²) in [5.74, 6) is 0. The van der Waals surface area contributed by atoms with E-state index in [-0.39, 0.29) is 6.04 Å². The second-order valence-electron chi connectivity index (χ2n) is 4.84. The van der Waals surface area contributed by atoms with Crippen LogP contribution in [0.5, 0.6) is 0 Å². The molecule has 0 heterocycles. The molecule has 0 aromatic heterocycles. The zero-order valence-electron chi connectivity index (χ0n) is 11.6. The average molecular weight is 267 g/mol. The molecule has 1 atom stereocenters. The van der Waals surface area contributed by atoms with Gasteiger partial charge in [0, 0.05) is 6.04 Å². The number of sulfonamides is 1. The summed E-state index contributed by atoms with van der Waals surface area (Å²) in [5, 5.41) is 0. The summed E-state index contributed by atoms with van der Waals surface area (Å²) >= 11 is 0. The Morgan fingerprint density at radius 3 is 2.06 bits per heavy atom. The van der Waals surface area contributed by atoms with Crippen LogP contribution < -0.4 is 4.72 Å². The molecule has 1 N–H and O–H groups in total. The van der Waals surface area contributed by atoms with E-state index in [9.17, 15) is 8.42 Å². The van der Waals surface area contributed by atoms with Crippen molar-refractivity contribution in [2.45, 2.75) is 45.6 Å². The maximum Gasteiger partial charge on any atom is 0.241 e. The lowest BCUT2D eigenvalue weighted by molar-refractivity contribution is 0.572. The number of rotatable bonds is 4. The van der Waals surface area contributed by atoms with Crippen LogP contribution in [-0.4, -0.2) is 14.5 Å². The minimum absolute atomic E-state index is 0.193. The highest BCUT2D eigenvalue weighted by Gasteiger charge is 2.18. The molecule has 0 aliphatic rings. The van der Waals surface area contributed by atoms with Crippen LogP contribution in [0.1, 0.15) is 33.3 Å². The van der Waals surface area contributed by atoms with Crippen LogP contribution in [0.2, 0.25) is 0 Å². The summed E-state index contributed by atoms with van der Waals surface area (Å²) in [5.41, 5.74) is 3.22. The van der Waals surface area contributed by atoms with Crippen molar-refractivity contribution in [2.75, 3.05) is 0 Å². The highest BCUT2D eigenvalue weighted by molar-refractivity contribution is 7.89. The Hall–Kier alpha value is -1.13. The van der Waals surface area contributed by atoms with Gasteiger partial charge in [0.05, 0.1) is 4.90 Å². The van der Waals surface area contributed by atoms with Crippen LogP contribution in [0.4, 0.5) is 0 Å². The van der Waals surface area contributed by atoms with Crippen molar-refractivity contribution in [3.8, 4) is 0 Å². The number of nitrogens with one attached hydrogen (secondary N) is 1. The number of hydrogen-bond donors (Lipinski definition) is 1. The second kappa shape index (κ2) is 5.67. The predicted molar refractivity (Wildman–Crippen MR) is 75.0 cm³/mol. The van der Waals surface area contributed by atoms with Crippen molar-refractivity contribution in [2.24, 2.45) is 0 Å². The molecule has 1 unspecified atom stereocenters. The van der Waals surface area contributed by atoms with E-state index in [0.717, 1.165) is 16.7 Å². The van der Waals surface area contributed by atoms with Gasteiger partial charge in [-0.3, -0.25) is 0 Å². The van der Waals surface area contributed by atoms with Gasteiger partial charge in [-0.05, 0) is 46.8 Å². The fourth-order valence-corrected chi connectivity index (χ4v) is 2.81. The fraction of sp³-hybridized carbons (Fsp3) is 0.429. The first-order valence-corrected chi connectivity index (χ1v) is 7.45. The average Bonchev–Trinajstić information content (AvgIpc) is 2.27. The smallest absolute Gasteiger partial charge is 0.207 e. The molecule has 3 nitrogen and oxygen atoms in total. The lowest BCUT2D eigenvalue weighted by Crippen LogP contribution is -2.33. The number of aryl methyl sites for hydroxylation is 1. The molecule has 1 aromatic rings. The van der Waals surface area contributed by atoms with Crippen molar-refractivity contribution < 1.29 is 8.42 Å². The minimum Gasteiger partial charge on any atom is -0.207 e. The number of allylic oxidation sites excluding steroid dienone is 1. The monoisotopic (exact) mass is 267 g/mol. The van der Waals surface area contributed by atoms with Gasteiger partial charge >= 0.3 is 0 Å². The van der Waals surface area contributed by atoms with Crippen molar-refractivity contribution in [3.05, 3.63) is 41.0 Å². The predicted octanol–water partition coefficient (Wildman–Crippen LogP) is 3.02. The molecule has 1 rings (SSSR count). The summed E-state index contributed by atoms with van der Waals surface area (Å²) < 4.78 is 27.0. The Kier molecular flexibility index (Phi) is 4.71. The van der Waals surface area contributed by atoms with Gasteiger partial charge in [0.2, 0.25) is 10.0 Å². The molecule has 1 aromatic carbocycles. The highest BCUT2D eigenvalue weighted by Crippen LogP contribution is 2.14. The topological polar surface area (TPSA) is 46.2 Å². The summed E-state index contributed by atoms with van der Waals surface area (Å²) in [6, 6.07) is 6.66. The molecular formula is C14H21NO2S. The van der Waals surface area contributed by atoms with E-state index in [1.54, 1.807) is 24.3 Å². The van der Waals surface area contributed by atoms with Gasteiger partial charge in [-0.15, -0.1) is 0 Å². The first-order valence-electron chi connectivity index (χ1n) is 5.97. The maximum atomic E-state index is 12.1. The molecular weight excluding hydrogens is 246 g/mol. The van der Waals surface area contributed by atoms with Gasteiger partial charge in [-0.2, -0.15) is 0 Å². The van der Waals surface area contributed by atoms with Gasteiger partial charge in [0.25, 0.3) is 0 Å². The first-order chi connectivity index (χ1) is 8.24. The quantitative estimate of drug-likeness (QED) is 0.852. The molecule has 100 valence electrons. The van der Waals surface area contributed by atoms with Gasteiger partial charge in [0.1, 0.15) is 0 Å². The zero-order chi connectivity index (χ0) is 13.9. The van der Waals surface area contributed by atoms with Crippen molar-refractivity contribution >= 4 is 10.0 Å². The van der Waals surface area contributed by atoms with E-state index >= 15 is 0 Å². The third-order valence-corrected chi connectivity index (χ3v) is 4.66. The molecule has 0 radical (unpaired) electrons. The van der Waals surface area contributed by atoms with E-state index < -0.39 is 10.0 Å². The summed E-state index contributed by atoms with van der Waals surface area (Å²) in [6.07, 6.45) is 0. The molecule has 0 saturated carbocycles. The largest absolute Gasteiger partial charge is 0.241 e. The molecule has 0 bridgehead atoms. The summed E-state index contributed by atoms with van der Waals surface area (Å²) in [4.78, 5) is 0.307. The van der Waals surface area contributed by atoms with Crippen molar-refractivity contribution in [1.82, 2.24) is 4.72 Å². The Morgan fingerprint density at radius 2 is 1.61 bits per heavy atom. The number of hydrogen-bond acceptors (Lipinski definition) is 2. The minimum atomic E-state index is -3.44. The van der Waals surface area contributed by atoms with E-state index in [4.69, 9.17) is 0 Å². The van der Waals surface area contributed by atoms with E-state index in [1.807, 2.05) is 34.6 Å². The highest BCUT2D eigenvalue weighted by atomic mass is 32.2. The second-order valence-corrected chi connectivity index (χ2v) is 6.55. The van der Waals surface area contributed by atoms with Crippen LogP contribution in [0, 0.1) is 6.92 Å². The third-order valence-electron chi connectivity index (χ3n) is 3.10. The van der Waals surface area contributed by atoms with E-state index in [0.29, 0.717) is 4.90 Å². The van der Waals surface area contributed by atoms with Crippen molar-refractivity contribution in [3.63, 3.8) is 0 Å². The summed E-state index contributed by atoms with van der Waals surface area (Å²) in [7, 11) is -3.44. The van der Waals surface area contributed by atoms with Crippen molar-refractivity contribution in [1.29, 1.82) is 0 Å². The molecule has 0 aliphatic heterocycles. The molecule has 0 fully saturated rings. The van der Waals surface area contributed by atoms with Crippen LogP contribution in [0.3, 0.4) is 0 Å². The van der Waals surface area contributed by atoms with Gasteiger partial charge in [0.15, 0.2) is 0 Å². The van der Waals surface area contributed by atoms with Gasteiger partial charge in [-0.1, -0.05) is 28.8 Å². The normalized spacial score (nSPS) is 13.2. The fourth-order valence-electron chi connectivity index (χ4n) is 1.54.